The summed E-state index contributed by atoms with van der Waals surface area (Å²) in [6.45, 7) is 6.27. The fourth-order valence-corrected chi connectivity index (χ4v) is 8.61. The predicted molar refractivity (Wildman–Crippen MR) is 161 cm³/mol. The molecule has 2 heterocycles. The van der Waals surface area contributed by atoms with Gasteiger partial charge in [0.1, 0.15) is 13.2 Å². The van der Waals surface area contributed by atoms with Gasteiger partial charge in [-0.15, -0.1) is 0 Å². The van der Waals surface area contributed by atoms with E-state index in [9.17, 15) is 14.4 Å². The van der Waals surface area contributed by atoms with E-state index in [4.69, 9.17) is 9.68 Å². The van der Waals surface area contributed by atoms with E-state index in [-0.39, 0.29) is 59.8 Å². The van der Waals surface area contributed by atoms with Crippen molar-refractivity contribution in [2.75, 3.05) is 7.05 Å². The molecular formula is C36H37N3O5. The SMILES string of the molecule is C=C1C2C(C(=O)N1OCc1ccc(CN(C)Cc3ccc(CON4C(=O)C5C(C4=O)[C@H]4C=C[C@@H]5C4)cc3)cc1)[C@H]1C=C[C@@H]2C1. The maximum atomic E-state index is 13.0. The van der Waals surface area contributed by atoms with E-state index in [1.54, 1.807) is 0 Å². The molecule has 0 spiro atoms. The Morgan fingerprint density at radius 1 is 0.614 bits per heavy atom. The Balaban J connectivity index is 0.798. The average molecular weight is 592 g/mol. The van der Waals surface area contributed by atoms with E-state index in [0.717, 1.165) is 53.4 Å². The summed E-state index contributed by atoms with van der Waals surface area (Å²) >= 11 is 0. The third-order valence-electron chi connectivity index (χ3n) is 10.7. The van der Waals surface area contributed by atoms with Crippen molar-refractivity contribution in [2.24, 2.45) is 47.3 Å². The molecule has 0 radical (unpaired) electrons. The van der Waals surface area contributed by atoms with Crippen molar-refractivity contribution in [3.8, 4) is 0 Å². The average Bonchev–Trinajstić information content (AvgIpc) is 3.87. The number of fused-ring (bicyclic) bond motifs is 10. The lowest BCUT2D eigenvalue weighted by Gasteiger charge is -2.21. The molecule has 8 rings (SSSR count). The number of hydrogen-bond donors (Lipinski definition) is 0. The van der Waals surface area contributed by atoms with Crippen LogP contribution in [0, 0.1) is 47.3 Å². The Kier molecular flexibility index (Phi) is 6.70. The zero-order chi connectivity index (χ0) is 30.1. The Bertz CT molecular complexity index is 1400. The van der Waals surface area contributed by atoms with E-state index in [1.165, 1.54) is 10.6 Å². The van der Waals surface area contributed by atoms with E-state index in [1.807, 2.05) is 12.1 Å². The van der Waals surface area contributed by atoms with E-state index in [0.29, 0.717) is 18.4 Å². The van der Waals surface area contributed by atoms with Crippen molar-refractivity contribution in [3.05, 3.63) is 107 Å². The van der Waals surface area contributed by atoms with Gasteiger partial charge in [-0.1, -0.05) is 79.4 Å². The predicted octanol–water partition coefficient (Wildman–Crippen LogP) is 4.78. The Labute approximate surface area is 257 Å². The summed E-state index contributed by atoms with van der Waals surface area (Å²) in [7, 11) is 2.08. The lowest BCUT2D eigenvalue weighted by molar-refractivity contribution is -0.194. The second kappa shape index (κ2) is 10.6. The molecule has 2 aromatic rings. The van der Waals surface area contributed by atoms with Gasteiger partial charge in [0.15, 0.2) is 0 Å². The summed E-state index contributed by atoms with van der Waals surface area (Å²) < 4.78 is 0. The number of hydrogen-bond acceptors (Lipinski definition) is 6. The van der Waals surface area contributed by atoms with Gasteiger partial charge < -0.3 is 0 Å². The summed E-state index contributed by atoms with van der Waals surface area (Å²) in [5.41, 5.74) is 5.08. The molecular weight excluding hydrogens is 554 g/mol. The maximum Gasteiger partial charge on any atom is 0.258 e. The van der Waals surface area contributed by atoms with Gasteiger partial charge in [0, 0.05) is 24.7 Å². The van der Waals surface area contributed by atoms with Crippen LogP contribution in [-0.2, 0) is 50.4 Å². The van der Waals surface area contributed by atoms with Crippen molar-refractivity contribution in [1.29, 1.82) is 0 Å². The third kappa shape index (κ3) is 4.50. The molecule has 0 N–H and O–H groups in total. The van der Waals surface area contributed by atoms with Gasteiger partial charge in [0.05, 0.1) is 17.8 Å². The number of amides is 3. The summed E-state index contributed by atoms with van der Waals surface area (Å²) in [6.07, 6.45) is 10.6. The molecule has 4 unspecified atom stereocenters. The van der Waals surface area contributed by atoms with Crippen LogP contribution in [0.4, 0.5) is 0 Å². The zero-order valence-electron chi connectivity index (χ0n) is 24.9. The second-order valence-corrected chi connectivity index (χ2v) is 13.4. The zero-order valence-corrected chi connectivity index (χ0v) is 24.9. The number of hydroxylamine groups is 4. The molecule has 8 atom stereocenters. The fourth-order valence-electron chi connectivity index (χ4n) is 8.61. The van der Waals surface area contributed by atoms with Gasteiger partial charge in [-0.2, -0.15) is 10.1 Å². The second-order valence-electron chi connectivity index (χ2n) is 13.4. The molecule has 4 bridgehead atoms. The van der Waals surface area contributed by atoms with Crippen molar-refractivity contribution in [1.82, 2.24) is 15.0 Å². The first-order valence-corrected chi connectivity index (χ1v) is 15.7. The van der Waals surface area contributed by atoms with Crippen LogP contribution in [0.2, 0.25) is 0 Å². The van der Waals surface area contributed by atoms with Gasteiger partial charge in [0.2, 0.25) is 0 Å². The summed E-state index contributed by atoms with van der Waals surface area (Å²) in [4.78, 5) is 52.6. The Morgan fingerprint density at radius 2 is 0.977 bits per heavy atom. The number of carbonyl (C=O) groups is 3. The molecule has 226 valence electrons. The number of allylic oxidation sites excluding steroid dienone is 5. The number of rotatable bonds is 10. The van der Waals surface area contributed by atoms with Crippen LogP contribution in [-0.4, -0.2) is 39.8 Å². The molecule has 2 aromatic carbocycles. The quantitative estimate of drug-likeness (QED) is 0.292. The van der Waals surface area contributed by atoms with Crippen LogP contribution < -0.4 is 0 Å². The molecule has 4 fully saturated rings. The molecule has 0 aromatic heterocycles. The number of carbonyl (C=O) groups excluding carboxylic acids is 3. The highest BCUT2D eigenvalue weighted by Gasteiger charge is 2.60. The van der Waals surface area contributed by atoms with E-state index >= 15 is 0 Å². The topological polar surface area (TPSA) is 79.4 Å². The fraction of sp³-hybridized carbons (Fsp3) is 0.417. The van der Waals surface area contributed by atoms with Crippen molar-refractivity contribution >= 4 is 17.7 Å². The first-order valence-electron chi connectivity index (χ1n) is 15.7. The van der Waals surface area contributed by atoms with Crippen LogP contribution in [0.3, 0.4) is 0 Å². The van der Waals surface area contributed by atoms with Crippen molar-refractivity contribution in [2.45, 2.75) is 39.1 Å². The third-order valence-corrected chi connectivity index (χ3v) is 10.7. The van der Waals surface area contributed by atoms with Crippen LogP contribution >= 0.6 is 0 Å². The van der Waals surface area contributed by atoms with Gasteiger partial charge in [-0.25, -0.2) is 0 Å². The lowest BCUT2D eigenvalue weighted by Crippen LogP contribution is -2.32. The molecule has 3 amide bonds. The molecule has 6 aliphatic rings. The van der Waals surface area contributed by atoms with Gasteiger partial charge in [-0.05, 0) is 65.8 Å². The minimum atomic E-state index is -0.242. The molecule has 4 aliphatic carbocycles. The summed E-state index contributed by atoms with van der Waals surface area (Å²) in [5.74, 6) is 0.504. The highest BCUT2D eigenvalue weighted by atomic mass is 16.7. The van der Waals surface area contributed by atoms with Crippen molar-refractivity contribution < 1.29 is 24.1 Å². The van der Waals surface area contributed by atoms with E-state index < -0.39 is 0 Å². The van der Waals surface area contributed by atoms with Crippen LogP contribution in [0.25, 0.3) is 0 Å². The molecule has 8 nitrogen and oxygen atoms in total. The summed E-state index contributed by atoms with van der Waals surface area (Å²) in [6, 6.07) is 16.4. The van der Waals surface area contributed by atoms with Crippen molar-refractivity contribution in [3.63, 3.8) is 0 Å². The standard InChI is InChI=1S/C36H37N3O5/c1-21-30-26-11-12-27(15-26)31(30)34(40)38(21)43-19-24-7-3-22(4-8-24)17-37(2)18-23-5-9-25(10-6-23)20-44-39-35(41)32-28-13-14-29(16-28)33(32)36(39)42/h3-14,26-33H,1,15-20H2,2H3/t26-,27+,28-,29+,30?,31?,32?,33?/m1/s1. The van der Waals surface area contributed by atoms with Crippen LogP contribution in [0.5, 0.6) is 0 Å². The van der Waals surface area contributed by atoms with Gasteiger partial charge >= 0.3 is 0 Å². The Morgan fingerprint density at radius 3 is 1.43 bits per heavy atom. The maximum absolute atomic E-state index is 13.0. The van der Waals surface area contributed by atoms with Gasteiger partial charge in [0.25, 0.3) is 17.7 Å². The van der Waals surface area contributed by atoms with E-state index in [2.05, 4.69) is 79.2 Å². The number of benzene rings is 2. The molecule has 2 saturated carbocycles. The monoisotopic (exact) mass is 591 g/mol. The smallest absolute Gasteiger partial charge is 0.258 e. The van der Waals surface area contributed by atoms with Gasteiger partial charge in [-0.3, -0.25) is 29.0 Å². The lowest BCUT2D eigenvalue weighted by atomic mass is 9.84. The highest BCUT2D eigenvalue weighted by Crippen LogP contribution is 2.56. The normalized spacial score (nSPS) is 32.7. The Hall–Kier alpha value is -3.85. The molecule has 2 aliphatic heterocycles. The highest BCUT2D eigenvalue weighted by molar-refractivity contribution is 6.05. The molecule has 8 heteroatoms. The largest absolute Gasteiger partial charge is 0.298 e. The van der Waals surface area contributed by atoms with Crippen LogP contribution in [0.15, 0.2) is 85.1 Å². The minimum Gasteiger partial charge on any atom is -0.298 e. The molecule has 2 saturated heterocycles. The first-order chi connectivity index (χ1) is 21.4. The number of imide groups is 1. The first kappa shape index (κ1) is 27.7. The minimum absolute atomic E-state index is 0.000947. The van der Waals surface area contributed by atoms with Crippen LogP contribution in [0.1, 0.15) is 35.1 Å². The number of nitrogens with zero attached hydrogens (tertiary/aromatic N) is 3. The summed E-state index contributed by atoms with van der Waals surface area (Å²) in [5, 5.41) is 2.48. The molecule has 44 heavy (non-hydrogen) atoms.